The molecule has 2 rings (SSSR count). The number of halogens is 1. The van der Waals surface area contributed by atoms with Gasteiger partial charge in [0.1, 0.15) is 12.4 Å². The number of anilines is 1. The van der Waals surface area contributed by atoms with Crippen molar-refractivity contribution in [1.29, 1.82) is 0 Å². The van der Waals surface area contributed by atoms with Gasteiger partial charge in [-0.3, -0.25) is 4.90 Å². The van der Waals surface area contributed by atoms with Crippen LogP contribution in [0.1, 0.15) is 33.1 Å². The lowest BCUT2D eigenvalue weighted by molar-refractivity contribution is 0.182. The molecule has 0 spiro atoms. The van der Waals surface area contributed by atoms with Gasteiger partial charge < -0.3 is 15.2 Å². The number of benzene rings is 1. The summed E-state index contributed by atoms with van der Waals surface area (Å²) in [5.41, 5.74) is 6.11. The molecule has 1 aromatic rings. The van der Waals surface area contributed by atoms with E-state index in [1.54, 1.807) is 6.07 Å². The quantitative estimate of drug-likeness (QED) is 0.820. The van der Waals surface area contributed by atoms with Gasteiger partial charge in [-0.2, -0.15) is 0 Å². The minimum atomic E-state index is -0.454. The van der Waals surface area contributed by atoms with Crippen LogP contribution in [0, 0.1) is 5.82 Å². The number of nitrogens with zero attached hydrogens (tertiary/aromatic N) is 1. The Bertz CT molecular complexity index is 460. The summed E-state index contributed by atoms with van der Waals surface area (Å²) in [4.78, 5) is 2.38. The van der Waals surface area contributed by atoms with Crippen LogP contribution in [0.25, 0.3) is 0 Å². The first kappa shape index (κ1) is 15.9. The van der Waals surface area contributed by atoms with Crippen molar-refractivity contribution >= 4 is 5.69 Å². The number of nitrogens with two attached hydrogens (primary N) is 1. The number of hydrogen-bond acceptors (Lipinski definition) is 4. The molecule has 0 amide bonds. The highest BCUT2D eigenvalue weighted by molar-refractivity contribution is 5.56. The van der Waals surface area contributed by atoms with E-state index in [2.05, 4.69) is 4.90 Å². The highest BCUT2D eigenvalue weighted by Crippen LogP contribution is 2.30. The van der Waals surface area contributed by atoms with Crippen LogP contribution in [0.4, 0.5) is 10.1 Å². The van der Waals surface area contributed by atoms with Crippen LogP contribution in [-0.4, -0.2) is 37.2 Å². The third kappa shape index (κ3) is 4.77. The van der Waals surface area contributed by atoms with Gasteiger partial charge in [0.2, 0.25) is 0 Å². The largest absolute Gasteiger partial charge is 0.490 e. The molecule has 1 aliphatic rings. The molecule has 21 heavy (non-hydrogen) atoms. The zero-order valence-electron chi connectivity index (χ0n) is 12.9. The summed E-state index contributed by atoms with van der Waals surface area (Å²) in [6.45, 7) is 7.39. The molecule has 0 unspecified atom stereocenters. The van der Waals surface area contributed by atoms with Crippen molar-refractivity contribution in [3.8, 4) is 11.5 Å². The van der Waals surface area contributed by atoms with Crippen molar-refractivity contribution in [2.24, 2.45) is 0 Å². The van der Waals surface area contributed by atoms with Gasteiger partial charge in [-0.15, -0.1) is 0 Å². The average molecular weight is 296 g/mol. The lowest BCUT2D eigenvalue weighted by atomic mass is 10.1. The highest BCUT2D eigenvalue weighted by Gasteiger charge is 2.13. The van der Waals surface area contributed by atoms with Crippen molar-refractivity contribution in [2.75, 3.05) is 32.0 Å². The zero-order valence-corrected chi connectivity index (χ0v) is 12.9. The molecule has 2 N–H and O–H groups in total. The topological polar surface area (TPSA) is 47.7 Å². The summed E-state index contributed by atoms with van der Waals surface area (Å²) in [6, 6.07) is 2.80. The smallest absolute Gasteiger partial charge is 0.167 e. The monoisotopic (exact) mass is 296 g/mol. The molecule has 0 saturated carbocycles. The molecule has 0 radical (unpaired) electrons. The maximum atomic E-state index is 13.7. The minimum absolute atomic E-state index is 0.0932. The fourth-order valence-electron chi connectivity index (χ4n) is 2.49. The summed E-state index contributed by atoms with van der Waals surface area (Å²) < 4.78 is 24.9. The van der Waals surface area contributed by atoms with Gasteiger partial charge in [-0.25, -0.2) is 4.39 Å². The Morgan fingerprint density at radius 3 is 2.57 bits per heavy atom. The van der Waals surface area contributed by atoms with Crippen molar-refractivity contribution in [2.45, 2.75) is 39.2 Å². The Morgan fingerprint density at radius 2 is 1.90 bits per heavy atom. The number of rotatable bonds is 6. The summed E-state index contributed by atoms with van der Waals surface area (Å²) in [5.74, 6) is 0.223. The second kappa shape index (κ2) is 7.50. The minimum Gasteiger partial charge on any atom is -0.490 e. The predicted molar refractivity (Wildman–Crippen MR) is 82.4 cm³/mol. The molecule has 0 aliphatic carbocycles. The maximum absolute atomic E-state index is 13.7. The van der Waals surface area contributed by atoms with Gasteiger partial charge in [0.05, 0.1) is 11.8 Å². The van der Waals surface area contributed by atoms with E-state index in [1.165, 1.54) is 25.3 Å². The molecule has 0 bridgehead atoms. The second-order valence-electron chi connectivity index (χ2n) is 5.74. The predicted octanol–water partition coefficient (Wildman–Crippen LogP) is 3.06. The standard InChI is InChI=1S/C16H25FN2O2/c1-12(2)21-15-11-16(14(18)10-13(15)17)20-9-8-19-6-4-3-5-7-19/h10-12H,3-9,18H2,1-2H3. The molecule has 0 aromatic heterocycles. The number of ether oxygens (including phenoxy) is 2. The van der Waals surface area contributed by atoms with Gasteiger partial charge in [-0.1, -0.05) is 6.42 Å². The molecule has 0 atom stereocenters. The van der Waals surface area contributed by atoms with Crippen molar-refractivity contribution in [3.05, 3.63) is 17.9 Å². The van der Waals surface area contributed by atoms with E-state index in [4.69, 9.17) is 15.2 Å². The Hall–Kier alpha value is -1.49. The summed E-state index contributed by atoms with van der Waals surface area (Å²) in [6.07, 6.45) is 3.73. The molecule has 118 valence electrons. The van der Waals surface area contributed by atoms with Crippen LogP contribution in [0.5, 0.6) is 11.5 Å². The molecule has 1 fully saturated rings. The molecular formula is C16H25FN2O2. The van der Waals surface area contributed by atoms with Crippen molar-refractivity contribution < 1.29 is 13.9 Å². The normalized spacial score (nSPS) is 16.2. The van der Waals surface area contributed by atoms with E-state index >= 15 is 0 Å². The van der Waals surface area contributed by atoms with Crippen LogP contribution < -0.4 is 15.2 Å². The fraction of sp³-hybridized carbons (Fsp3) is 0.625. The average Bonchev–Trinajstić information content (AvgIpc) is 2.44. The number of piperidine rings is 1. The van der Waals surface area contributed by atoms with Crippen LogP contribution in [0.15, 0.2) is 12.1 Å². The second-order valence-corrected chi connectivity index (χ2v) is 5.74. The molecule has 1 aromatic carbocycles. The first-order valence-electron chi connectivity index (χ1n) is 7.67. The highest BCUT2D eigenvalue weighted by atomic mass is 19.1. The number of likely N-dealkylation sites (tertiary alicyclic amines) is 1. The molecule has 4 nitrogen and oxygen atoms in total. The maximum Gasteiger partial charge on any atom is 0.167 e. The van der Waals surface area contributed by atoms with Crippen molar-refractivity contribution in [3.63, 3.8) is 0 Å². The van der Waals surface area contributed by atoms with Crippen molar-refractivity contribution in [1.82, 2.24) is 4.90 Å². The van der Waals surface area contributed by atoms with Gasteiger partial charge in [0.15, 0.2) is 11.6 Å². The first-order valence-corrected chi connectivity index (χ1v) is 7.67. The molecular weight excluding hydrogens is 271 g/mol. The van der Waals surface area contributed by atoms with Gasteiger partial charge in [0.25, 0.3) is 0 Å². The van der Waals surface area contributed by atoms with E-state index < -0.39 is 5.82 Å². The van der Waals surface area contributed by atoms with E-state index in [-0.39, 0.29) is 11.9 Å². The van der Waals surface area contributed by atoms with E-state index in [1.807, 2.05) is 13.8 Å². The summed E-state index contributed by atoms with van der Waals surface area (Å²) in [5, 5.41) is 0. The Morgan fingerprint density at radius 1 is 1.19 bits per heavy atom. The van der Waals surface area contributed by atoms with Gasteiger partial charge in [-0.05, 0) is 39.8 Å². The summed E-state index contributed by atoms with van der Waals surface area (Å²) >= 11 is 0. The third-order valence-corrected chi connectivity index (χ3v) is 3.54. The van der Waals surface area contributed by atoms with E-state index in [9.17, 15) is 4.39 Å². The lowest BCUT2D eigenvalue weighted by Crippen LogP contribution is -2.33. The van der Waals surface area contributed by atoms with Crippen LogP contribution in [0.3, 0.4) is 0 Å². The SMILES string of the molecule is CC(C)Oc1cc(OCCN2CCCCC2)c(N)cc1F. The van der Waals surface area contributed by atoms with Gasteiger partial charge in [0, 0.05) is 18.7 Å². The van der Waals surface area contributed by atoms with E-state index in [0.29, 0.717) is 18.0 Å². The molecule has 1 saturated heterocycles. The molecule has 1 heterocycles. The lowest BCUT2D eigenvalue weighted by Gasteiger charge is -2.26. The number of nitrogen functional groups attached to an aromatic ring is 1. The zero-order chi connectivity index (χ0) is 15.2. The molecule has 5 heteroatoms. The third-order valence-electron chi connectivity index (χ3n) is 3.54. The molecule has 1 aliphatic heterocycles. The van der Waals surface area contributed by atoms with Crippen LogP contribution in [0.2, 0.25) is 0 Å². The number of hydrogen-bond donors (Lipinski definition) is 1. The van der Waals surface area contributed by atoms with Crippen LogP contribution in [-0.2, 0) is 0 Å². The Labute approximate surface area is 126 Å². The summed E-state index contributed by atoms with van der Waals surface area (Å²) in [7, 11) is 0. The Balaban J connectivity index is 1.92. The van der Waals surface area contributed by atoms with E-state index in [0.717, 1.165) is 19.6 Å². The fourth-order valence-corrected chi connectivity index (χ4v) is 2.49. The van der Waals surface area contributed by atoms with Crippen LogP contribution >= 0.6 is 0 Å². The van der Waals surface area contributed by atoms with Gasteiger partial charge >= 0.3 is 0 Å². The first-order chi connectivity index (χ1) is 10.1. The Kier molecular flexibility index (Phi) is 5.67.